The molecule has 19 heavy (non-hydrogen) atoms. The van der Waals surface area contributed by atoms with Crippen LogP contribution in [0.25, 0.3) is 10.9 Å². The summed E-state index contributed by atoms with van der Waals surface area (Å²) >= 11 is 0. The van der Waals surface area contributed by atoms with E-state index >= 15 is 0 Å². The van der Waals surface area contributed by atoms with E-state index in [-0.39, 0.29) is 18.8 Å². The largest absolute Gasteiger partial charge is 0.394 e. The van der Waals surface area contributed by atoms with Crippen molar-refractivity contribution >= 4 is 16.7 Å². The third-order valence-corrected chi connectivity index (χ3v) is 3.59. The topological polar surface area (TPSA) is 45.6 Å². The van der Waals surface area contributed by atoms with Crippen LogP contribution in [-0.4, -0.2) is 42.0 Å². The Kier molecular flexibility index (Phi) is 3.36. The number of anilines is 1. The zero-order valence-corrected chi connectivity index (χ0v) is 11.0. The molecule has 1 N–H and O–H groups in total. The van der Waals surface area contributed by atoms with Crippen molar-refractivity contribution in [3.8, 4) is 0 Å². The van der Waals surface area contributed by atoms with Gasteiger partial charge in [0.15, 0.2) is 0 Å². The number of morpholine rings is 1. The van der Waals surface area contributed by atoms with Gasteiger partial charge in [-0.15, -0.1) is 0 Å². The number of rotatable bonds is 2. The van der Waals surface area contributed by atoms with Gasteiger partial charge in [-0.25, -0.2) is 4.98 Å². The molecule has 2 heterocycles. The quantitative estimate of drug-likeness (QED) is 0.892. The highest BCUT2D eigenvalue weighted by molar-refractivity contribution is 5.80. The first-order valence-electron chi connectivity index (χ1n) is 6.63. The number of para-hydroxylation sites is 1. The summed E-state index contributed by atoms with van der Waals surface area (Å²) < 4.78 is 5.56. The van der Waals surface area contributed by atoms with Gasteiger partial charge in [0, 0.05) is 11.9 Å². The first-order valence-corrected chi connectivity index (χ1v) is 6.63. The summed E-state index contributed by atoms with van der Waals surface area (Å²) in [5, 5.41) is 10.4. The molecule has 0 bridgehead atoms. The highest BCUT2D eigenvalue weighted by Gasteiger charge is 2.26. The second-order valence-electron chi connectivity index (χ2n) is 5.00. The molecule has 1 aromatic carbocycles. The molecule has 0 saturated carbocycles. The Morgan fingerprint density at radius 3 is 3.00 bits per heavy atom. The Hall–Kier alpha value is -1.65. The molecule has 2 aromatic rings. The van der Waals surface area contributed by atoms with Gasteiger partial charge in [0.2, 0.25) is 0 Å². The summed E-state index contributed by atoms with van der Waals surface area (Å²) in [6.07, 6.45) is -0.121. The number of ether oxygens (including phenoxy) is 1. The lowest BCUT2D eigenvalue weighted by molar-refractivity contribution is -0.0105. The van der Waals surface area contributed by atoms with E-state index in [1.165, 1.54) is 0 Å². The van der Waals surface area contributed by atoms with E-state index in [9.17, 15) is 5.11 Å². The van der Waals surface area contributed by atoms with Gasteiger partial charge in [0.25, 0.3) is 0 Å². The molecule has 1 aliphatic rings. The first-order chi connectivity index (χ1) is 9.28. The second kappa shape index (κ2) is 5.15. The molecular formula is C15H18N2O2. The molecule has 0 aliphatic carbocycles. The molecule has 100 valence electrons. The Morgan fingerprint density at radius 1 is 1.32 bits per heavy atom. The lowest BCUT2D eigenvalue weighted by Crippen LogP contribution is -2.49. The SMILES string of the molecule is CC1COC(CO)CN1c1ccc2ccccc2n1. The van der Waals surface area contributed by atoms with Crippen LogP contribution in [0.15, 0.2) is 36.4 Å². The number of pyridine rings is 1. The van der Waals surface area contributed by atoms with Gasteiger partial charge in [-0.2, -0.15) is 0 Å². The molecule has 1 aromatic heterocycles. The number of aliphatic hydroxyl groups excluding tert-OH is 1. The number of benzene rings is 1. The lowest BCUT2D eigenvalue weighted by atomic mass is 10.1. The van der Waals surface area contributed by atoms with E-state index in [1.807, 2.05) is 24.3 Å². The number of hydrogen-bond acceptors (Lipinski definition) is 4. The van der Waals surface area contributed by atoms with Gasteiger partial charge in [-0.1, -0.05) is 18.2 Å². The van der Waals surface area contributed by atoms with Crippen molar-refractivity contribution in [2.75, 3.05) is 24.7 Å². The van der Waals surface area contributed by atoms with Crippen LogP contribution in [0.5, 0.6) is 0 Å². The number of aliphatic hydroxyl groups is 1. The fraction of sp³-hybridized carbons (Fsp3) is 0.400. The fourth-order valence-electron chi connectivity index (χ4n) is 2.46. The van der Waals surface area contributed by atoms with Crippen molar-refractivity contribution in [3.63, 3.8) is 0 Å². The number of fused-ring (bicyclic) bond motifs is 1. The van der Waals surface area contributed by atoms with Crippen LogP contribution in [0.3, 0.4) is 0 Å². The molecule has 2 unspecified atom stereocenters. The minimum absolute atomic E-state index is 0.0524. The fourth-order valence-corrected chi connectivity index (χ4v) is 2.46. The highest BCUT2D eigenvalue weighted by Crippen LogP contribution is 2.22. The van der Waals surface area contributed by atoms with Gasteiger partial charge in [0.05, 0.1) is 30.9 Å². The van der Waals surface area contributed by atoms with Gasteiger partial charge in [-0.3, -0.25) is 0 Å². The smallest absolute Gasteiger partial charge is 0.129 e. The Labute approximate surface area is 112 Å². The van der Waals surface area contributed by atoms with Crippen molar-refractivity contribution < 1.29 is 9.84 Å². The zero-order valence-electron chi connectivity index (χ0n) is 11.0. The third-order valence-electron chi connectivity index (χ3n) is 3.59. The van der Waals surface area contributed by atoms with E-state index in [1.54, 1.807) is 0 Å². The predicted octanol–water partition coefficient (Wildman–Crippen LogP) is 1.82. The Morgan fingerprint density at radius 2 is 2.16 bits per heavy atom. The van der Waals surface area contributed by atoms with Crippen LogP contribution in [0, 0.1) is 0 Å². The Bertz CT molecular complexity index is 573. The number of hydrogen-bond donors (Lipinski definition) is 1. The van der Waals surface area contributed by atoms with Crippen molar-refractivity contribution in [2.24, 2.45) is 0 Å². The van der Waals surface area contributed by atoms with E-state index in [2.05, 4.69) is 24.0 Å². The Balaban J connectivity index is 1.93. The van der Waals surface area contributed by atoms with Crippen LogP contribution in [0.1, 0.15) is 6.92 Å². The van der Waals surface area contributed by atoms with Gasteiger partial charge >= 0.3 is 0 Å². The molecule has 1 fully saturated rings. The zero-order chi connectivity index (χ0) is 13.2. The predicted molar refractivity (Wildman–Crippen MR) is 75.4 cm³/mol. The van der Waals surface area contributed by atoms with Gasteiger partial charge in [0.1, 0.15) is 5.82 Å². The highest BCUT2D eigenvalue weighted by atomic mass is 16.5. The van der Waals surface area contributed by atoms with E-state index in [0.29, 0.717) is 13.2 Å². The molecule has 1 saturated heterocycles. The van der Waals surface area contributed by atoms with E-state index < -0.39 is 0 Å². The molecule has 4 heteroatoms. The van der Waals surface area contributed by atoms with Crippen LogP contribution < -0.4 is 4.90 Å². The maximum absolute atomic E-state index is 9.24. The average molecular weight is 258 g/mol. The monoisotopic (exact) mass is 258 g/mol. The summed E-state index contributed by atoms with van der Waals surface area (Å²) in [5.74, 6) is 0.952. The first kappa shape index (κ1) is 12.4. The van der Waals surface area contributed by atoms with Crippen LogP contribution in [0.4, 0.5) is 5.82 Å². The molecule has 3 rings (SSSR count). The minimum atomic E-state index is -0.121. The standard InChI is InChI=1S/C15H18N2O2/c1-11-10-19-13(9-18)8-17(11)15-7-6-12-4-2-3-5-14(12)16-15/h2-7,11,13,18H,8-10H2,1H3. The third kappa shape index (κ3) is 2.41. The average Bonchev–Trinajstić information content (AvgIpc) is 2.47. The number of aromatic nitrogens is 1. The minimum Gasteiger partial charge on any atom is -0.394 e. The maximum Gasteiger partial charge on any atom is 0.129 e. The molecule has 1 aliphatic heterocycles. The van der Waals surface area contributed by atoms with Gasteiger partial charge < -0.3 is 14.7 Å². The summed E-state index contributed by atoms with van der Waals surface area (Å²) in [4.78, 5) is 6.91. The lowest BCUT2D eigenvalue weighted by Gasteiger charge is -2.38. The summed E-state index contributed by atoms with van der Waals surface area (Å²) in [6.45, 7) is 3.48. The van der Waals surface area contributed by atoms with Crippen molar-refractivity contribution in [1.82, 2.24) is 4.98 Å². The van der Waals surface area contributed by atoms with Crippen LogP contribution >= 0.6 is 0 Å². The second-order valence-corrected chi connectivity index (χ2v) is 5.00. The molecule has 0 amide bonds. The molecule has 2 atom stereocenters. The van der Waals surface area contributed by atoms with Crippen LogP contribution in [0.2, 0.25) is 0 Å². The number of nitrogens with zero attached hydrogens (tertiary/aromatic N) is 2. The van der Waals surface area contributed by atoms with E-state index in [4.69, 9.17) is 9.72 Å². The summed E-state index contributed by atoms with van der Waals surface area (Å²) in [5.41, 5.74) is 0.999. The van der Waals surface area contributed by atoms with Crippen molar-refractivity contribution in [3.05, 3.63) is 36.4 Å². The van der Waals surface area contributed by atoms with Crippen molar-refractivity contribution in [2.45, 2.75) is 19.1 Å². The van der Waals surface area contributed by atoms with Gasteiger partial charge in [-0.05, 0) is 25.1 Å². The normalized spacial score (nSPS) is 23.8. The summed E-state index contributed by atoms with van der Waals surface area (Å²) in [6, 6.07) is 12.5. The molecule has 0 spiro atoms. The maximum atomic E-state index is 9.24. The summed E-state index contributed by atoms with van der Waals surface area (Å²) in [7, 11) is 0. The van der Waals surface area contributed by atoms with Crippen LogP contribution in [-0.2, 0) is 4.74 Å². The molecular weight excluding hydrogens is 240 g/mol. The molecule has 4 nitrogen and oxygen atoms in total. The van der Waals surface area contributed by atoms with Crippen molar-refractivity contribution in [1.29, 1.82) is 0 Å². The molecule has 0 radical (unpaired) electrons. The van der Waals surface area contributed by atoms with E-state index in [0.717, 1.165) is 16.7 Å².